The fourth-order valence-corrected chi connectivity index (χ4v) is 1.69. The van der Waals surface area contributed by atoms with Crippen LogP contribution in [0.15, 0.2) is 30.3 Å². The third-order valence-corrected chi connectivity index (χ3v) is 2.80. The molecule has 1 atom stereocenters. The molecule has 9 heteroatoms. The van der Waals surface area contributed by atoms with Gasteiger partial charge in [0.2, 0.25) is 5.95 Å². The van der Waals surface area contributed by atoms with E-state index in [4.69, 9.17) is 5.11 Å². The molecule has 3 N–H and O–H groups in total. The van der Waals surface area contributed by atoms with Gasteiger partial charge in [-0.25, -0.2) is 9.37 Å². The number of aliphatic hydroxyl groups excluding tert-OH is 1. The van der Waals surface area contributed by atoms with E-state index in [0.717, 1.165) is 0 Å². The van der Waals surface area contributed by atoms with E-state index < -0.39 is 23.7 Å². The van der Waals surface area contributed by atoms with Gasteiger partial charge in [-0.3, -0.25) is 0 Å². The van der Waals surface area contributed by atoms with Gasteiger partial charge in [-0.1, -0.05) is 12.1 Å². The van der Waals surface area contributed by atoms with Crippen molar-refractivity contribution in [3.05, 3.63) is 41.8 Å². The molecule has 0 aliphatic carbocycles. The molecular formula is C14H14F4N4O. The van der Waals surface area contributed by atoms with Gasteiger partial charge in [0.05, 0.1) is 12.3 Å². The SMILES string of the molecule is C[C@H](CO)Nc1nc(Nc2ccccc2F)cc(C(F)(F)F)n1. The number of alkyl halides is 3. The summed E-state index contributed by atoms with van der Waals surface area (Å²) < 4.78 is 52.3. The summed E-state index contributed by atoms with van der Waals surface area (Å²) in [4.78, 5) is 7.22. The van der Waals surface area contributed by atoms with Crippen molar-refractivity contribution in [3.8, 4) is 0 Å². The zero-order valence-corrected chi connectivity index (χ0v) is 12.0. The Morgan fingerprint density at radius 3 is 2.52 bits per heavy atom. The summed E-state index contributed by atoms with van der Waals surface area (Å²) in [5.74, 6) is -1.16. The summed E-state index contributed by atoms with van der Waals surface area (Å²) in [7, 11) is 0. The van der Waals surface area contributed by atoms with Crippen LogP contribution in [0.1, 0.15) is 12.6 Å². The summed E-state index contributed by atoms with van der Waals surface area (Å²) in [6, 6.07) is 5.66. The first-order valence-electron chi connectivity index (χ1n) is 6.65. The van der Waals surface area contributed by atoms with E-state index in [1.807, 2.05) is 0 Å². The summed E-state index contributed by atoms with van der Waals surface area (Å²) in [5.41, 5.74) is -1.19. The van der Waals surface area contributed by atoms with Gasteiger partial charge < -0.3 is 15.7 Å². The average Bonchev–Trinajstić information content (AvgIpc) is 2.48. The third-order valence-electron chi connectivity index (χ3n) is 2.80. The Hall–Kier alpha value is -2.42. The standard InChI is InChI=1S/C14H14F4N4O/c1-8(7-23)19-13-21-11(14(16,17)18)6-12(22-13)20-10-5-3-2-4-9(10)15/h2-6,8,23H,7H2,1H3,(H2,19,20,21,22)/t8-/m1/s1. The first-order valence-corrected chi connectivity index (χ1v) is 6.65. The monoisotopic (exact) mass is 330 g/mol. The van der Waals surface area contributed by atoms with Crippen molar-refractivity contribution in [2.75, 3.05) is 17.2 Å². The summed E-state index contributed by atoms with van der Waals surface area (Å²) >= 11 is 0. The highest BCUT2D eigenvalue weighted by Crippen LogP contribution is 2.30. The van der Waals surface area contributed by atoms with Crippen molar-refractivity contribution in [1.29, 1.82) is 0 Å². The molecule has 0 aliphatic heterocycles. The molecule has 2 aromatic rings. The van der Waals surface area contributed by atoms with Crippen LogP contribution in [0.4, 0.5) is 35.0 Å². The first kappa shape index (κ1) is 16.9. The Balaban J connectivity index is 2.38. The van der Waals surface area contributed by atoms with Crippen LogP contribution in [0, 0.1) is 5.82 Å². The number of hydrogen-bond acceptors (Lipinski definition) is 5. The van der Waals surface area contributed by atoms with Gasteiger partial charge in [0.25, 0.3) is 0 Å². The number of anilines is 3. The number of aliphatic hydroxyl groups is 1. The molecule has 23 heavy (non-hydrogen) atoms. The topological polar surface area (TPSA) is 70.1 Å². The highest BCUT2D eigenvalue weighted by atomic mass is 19.4. The summed E-state index contributed by atoms with van der Waals surface area (Å²) in [6.07, 6.45) is -4.69. The molecule has 2 rings (SSSR count). The zero-order valence-electron chi connectivity index (χ0n) is 12.0. The van der Waals surface area contributed by atoms with E-state index in [1.165, 1.54) is 24.3 Å². The maximum atomic E-state index is 13.6. The van der Waals surface area contributed by atoms with Gasteiger partial charge in [-0.2, -0.15) is 18.2 Å². The molecule has 5 nitrogen and oxygen atoms in total. The van der Waals surface area contributed by atoms with Crippen molar-refractivity contribution >= 4 is 17.5 Å². The lowest BCUT2D eigenvalue weighted by atomic mass is 10.3. The minimum atomic E-state index is -4.69. The Labute approximate surface area is 129 Å². The molecule has 0 fully saturated rings. The second kappa shape index (κ2) is 6.78. The lowest BCUT2D eigenvalue weighted by Crippen LogP contribution is -2.22. The second-order valence-corrected chi connectivity index (χ2v) is 4.79. The van der Waals surface area contributed by atoms with Crippen molar-refractivity contribution in [1.82, 2.24) is 9.97 Å². The maximum Gasteiger partial charge on any atom is 0.433 e. The average molecular weight is 330 g/mol. The van der Waals surface area contributed by atoms with Gasteiger partial charge in [0, 0.05) is 12.1 Å². The number of rotatable bonds is 5. The summed E-state index contributed by atoms with van der Waals surface area (Å²) in [6.45, 7) is 1.24. The Bertz CT molecular complexity index is 678. The van der Waals surface area contributed by atoms with Crippen LogP contribution in [-0.4, -0.2) is 27.7 Å². The maximum absolute atomic E-state index is 13.6. The molecular weight excluding hydrogens is 316 g/mol. The Morgan fingerprint density at radius 2 is 1.91 bits per heavy atom. The van der Waals surface area contributed by atoms with E-state index in [9.17, 15) is 17.6 Å². The number of benzene rings is 1. The molecule has 0 spiro atoms. The second-order valence-electron chi connectivity index (χ2n) is 4.79. The smallest absolute Gasteiger partial charge is 0.394 e. The first-order chi connectivity index (χ1) is 10.8. The lowest BCUT2D eigenvalue weighted by molar-refractivity contribution is -0.141. The predicted octanol–water partition coefficient (Wildman–Crippen LogP) is 3.17. The van der Waals surface area contributed by atoms with Crippen LogP contribution in [0.2, 0.25) is 0 Å². The molecule has 1 aromatic heterocycles. The minimum Gasteiger partial charge on any atom is -0.394 e. The number of aromatic nitrogens is 2. The fourth-order valence-electron chi connectivity index (χ4n) is 1.69. The molecule has 0 unspecified atom stereocenters. The highest BCUT2D eigenvalue weighted by Gasteiger charge is 2.34. The van der Waals surface area contributed by atoms with Crippen molar-refractivity contribution in [2.24, 2.45) is 0 Å². The van der Waals surface area contributed by atoms with E-state index in [2.05, 4.69) is 20.6 Å². The number of para-hydroxylation sites is 1. The van der Waals surface area contributed by atoms with E-state index in [1.54, 1.807) is 6.92 Å². The van der Waals surface area contributed by atoms with Crippen LogP contribution < -0.4 is 10.6 Å². The van der Waals surface area contributed by atoms with Gasteiger partial charge in [0.1, 0.15) is 11.6 Å². The number of hydrogen-bond donors (Lipinski definition) is 3. The minimum absolute atomic E-state index is 0.0134. The van der Waals surface area contributed by atoms with E-state index in [0.29, 0.717) is 6.07 Å². The molecule has 0 amide bonds. The van der Waals surface area contributed by atoms with Crippen LogP contribution in [-0.2, 0) is 6.18 Å². The van der Waals surface area contributed by atoms with Crippen molar-refractivity contribution < 1.29 is 22.7 Å². The van der Waals surface area contributed by atoms with E-state index >= 15 is 0 Å². The van der Waals surface area contributed by atoms with Crippen LogP contribution in [0.25, 0.3) is 0 Å². The zero-order chi connectivity index (χ0) is 17.0. The van der Waals surface area contributed by atoms with Gasteiger partial charge >= 0.3 is 6.18 Å². The normalized spacial score (nSPS) is 12.8. The molecule has 124 valence electrons. The largest absolute Gasteiger partial charge is 0.433 e. The molecule has 0 radical (unpaired) electrons. The molecule has 0 saturated heterocycles. The van der Waals surface area contributed by atoms with Crippen LogP contribution in [0.5, 0.6) is 0 Å². The lowest BCUT2D eigenvalue weighted by Gasteiger charge is -2.15. The third kappa shape index (κ3) is 4.52. The molecule has 0 bridgehead atoms. The Morgan fingerprint density at radius 1 is 1.22 bits per heavy atom. The number of nitrogens with one attached hydrogen (secondary N) is 2. The molecule has 1 heterocycles. The molecule has 0 aliphatic rings. The van der Waals surface area contributed by atoms with Gasteiger partial charge in [-0.05, 0) is 19.1 Å². The molecule has 0 saturated carbocycles. The number of nitrogens with zero attached hydrogens (tertiary/aromatic N) is 2. The van der Waals surface area contributed by atoms with Gasteiger partial charge in [0.15, 0.2) is 5.69 Å². The quantitative estimate of drug-likeness (QED) is 0.735. The van der Waals surface area contributed by atoms with E-state index in [-0.39, 0.29) is 24.1 Å². The Kier molecular flexibility index (Phi) is 4.99. The predicted molar refractivity (Wildman–Crippen MR) is 76.9 cm³/mol. The van der Waals surface area contributed by atoms with Crippen LogP contribution >= 0.6 is 0 Å². The van der Waals surface area contributed by atoms with Crippen LogP contribution in [0.3, 0.4) is 0 Å². The van der Waals surface area contributed by atoms with Gasteiger partial charge in [-0.15, -0.1) is 0 Å². The fraction of sp³-hybridized carbons (Fsp3) is 0.286. The molecule has 1 aromatic carbocycles. The number of halogens is 4. The van der Waals surface area contributed by atoms with Crippen molar-refractivity contribution in [2.45, 2.75) is 19.1 Å². The highest BCUT2D eigenvalue weighted by molar-refractivity contribution is 5.58. The summed E-state index contributed by atoms with van der Waals surface area (Å²) in [5, 5.41) is 14.0. The van der Waals surface area contributed by atoms with Crippen molar-refractivity contribution in [3.63, 3.8) is 0 Å².